The predicted molar refractivity (Wildman–Crippen MR) is 143 cm³/mol. The van der Waals surface area contributed by atoms with Gasteiger partial charge in [0.05, 0.1) is 11.8 Å². The lowest BCUT2D eigenvalue weighted by Gasteiger charge is -2.42. The number of hydrogen-bond donors (Lipinski definition) is 2. The first-order chi connectivity index (χ1) is 18.7. The van der Waals surface area contributed by atoms with Crippen LogP contribution in [0.15, 0.2) is 76.9 Å². The number of ketones is 2. The Balaban J connectivity index is 1.39. The molecule has 0 aromatic heterocycles. The third-order valence-electron chi connectivity index (χ3n) is 8.51. The van der Waals surface area contributed by atoms with Crippen LogP contribution in [-0.4, -0.2) is 45.0 Å². The highest BCUT2D eigenvalue weighted by Gasteiger charge is 2.56. The van der Waals surface area contributed by atoms with Gasteiger partial charge in [-0.05, 0) is 73.6 Å². The van der Waals surface area contributed by atoms with Crippen molar-refractivity contribution in [1.82, 2.24) is 4.90 Å². The Bertz CT molecular complexity index is 1550. The van der Waals surface area contributed by atoms with Crippen molar-refractivity contribution in [2.24, 2.45) is 17.8 Å². The molecule has 1 saturated heterocycles. The highest BCUT2D eigenvalue weighted by Crippen LogP contribution is 2.56. The van der Waals surface area contributed by atoms with Gasteiger partial charge in [0, 0.05) is 34.2 Å². The third-order valence-corrected chi connectivity index (χ3v) is 8.84. The number of imide groups is 1. The number of halogens is 1. The van der Waals surface area contributed by atoms with Gasteiger partial charge in [-0.2, -0.15) is 0 Å². The highest BCUT2D eigenvalue weighted by atomic mass is 35.5. The molecule has 0 spiro atoms. The number of likely N-dealkylation sites (tertiary alicyclic amines) is 1. The third kappa shape index (κ3) is 4.03. The van der Waals surface area contributed by atoms with Gasteiger partial charge in [-0.1, -0.05) is 41.4 Å². The average Bonchev–Trinajstić information content (AvgIpc) is 3.15. The maximum absolute atomic E-state index is 13.8. The Morgan fingerprint density at radius 3 is 2.38 bits per heavy atom. The van der Waals surface area contributed by atoms with E-state index in [1.807, 2.05) is 6.08 Å². The number of carbonyl (C=O) groups excluding carboxylic acids is 4. The minimum Gasteiger partial charge on any atom is -0.508 e. The van der Waals surface area contributed by atoms with Gasteiger partial charge in [-0.15, -0.1) is 0 Å². The molecule has 0 unspecified atom stereocenters. The van der Waals surface area contributed by atoms with Crippen molar-refractivity contribution < 1.29 is 29.4 Å². The monoisotopic (exact) mass is 543 g/mol. The zero-order valence-electron chi connectivity index (χ0n) is 21.2. The normalized spacial score (nSPS) is 26.3. The molecule has 8 heteroatoms. The number of Topliss-reactive ketones (excluding diaryl/α,β-unsaturated/α-hetero) is 1. The van der Waals surface area contributed by atoms with Crippen LogP contribution >= 0.6 is 11.6 Å². The fraction of sp³-hybridized carbons (Fsp3) is 0.290. The van der Waals surface area contributed by atoms with Crippen LogP contribution in [0.4, 0.5) is 0 Å². The number of amides is 2. The van der Waals surface area contributed by atoms with Crippen LogP contribution in [0.5, 0.6) is 11.5 Å². The van der Waals surface area contributed by atoms with Crippen LogP contribution in [0.2, 0.25) is 5.02 Å². The summed E-state index contributed by atoms with van der Waals surface area (Å²) in [6.07, 6.45) is 4.30. The lowest BCUT2D eigenvalue weighted by molar-refractivity contribution is -0.140. The summed E-state index contributed by atoms with van der Waals surface area (Å²) >= 11 is 6.58. The first-order valence-corrected chi connectivity index (χ1v) is 13.4. The van der Waals surface area contributed by atoms with E-state index in [9.17, 15) is 29.4 Å². The Labute approximate surface area is 230 Å². The van der Waals surface area contributed by atoms with E-state index in [0.29, 0.717) is 35.1 Å². The molecule has 0 bridgehead atoms. The molecule has 0 radical (unpaired) electrons. The van der Waals surface area contributed by atoms with E-state index in [2.05, 4.69) is 0 Å². The summed E-state index contributed by atoms with van der Waals surface area (Å²) in [5.41, 5.74) is 3.37. The summed E-state index contributed by atoms with van der Waals surface area (Å²) in [7, 11) is 0. The van der Waals surface area contributed by atoms with Crippen LogP contribution < -0.4 is 0 Å². The standard InChI is InChI=1S/C31H26ClNO6/c1-15-12-25(36)23-14-22-19(26(28(23)29(15)37)20-7-6-18(35)13-24(20)32)8-9-21-27(22)31(39)33(30(21)38)11-10-16-2-4-17(34)5-3-16/h2-8,12-13,21-22,26-27,34-35H,9-11,14H2,1H3/t21-,22+,26+,27-/m0/s1. The van der Waals surface area contributed by atoms with Crippen molar-refractivity contribution in [1.29, 1.82) is 0 Å². The second kappa shape index (κ2) is 9.35. The summed E-state index contributed by atoms with van der Waals surface area (Å²) in [6.45, 7) is 1.83. The SMILES string of the molecule is CC1=CC(=O)C2=C(C1=O)[C@@H](c1ccc(O)cc1Cl)C1=CC[C@@H]3C(=O)N(CCc4ccc(O)cc4)C(=O)[C@@H]3[C@@H]1C2. The largest absolute Gasteiger partial charge is 0.508 e. The van der Waals surface area contributed by atoms with E-state index >= 15 is 0 Å². The van der Waals surface area contributed by atoms with Crippen LogP contribution in [0.25, 0.3) is 0 Å². The first kappa shape index (κ1) is 25.3. The molecule has 4 atom stereocenters. The molecule has 2 aromatic carbocycles. The molecule has 1 heterocycles. The molecule has 198 valence electrons. The van der Waals surface area contributed by atoms with E-state index in [0.717, 1.165) is 11.1 Å². The van der Waals surface area contributed by atoms with E-state index < -0.39 is 23.7 Å². The smallest absolute Gasteiger partial charge is 0.233 e. The maximum atomic E-state index is 13.8. The second-order valence-corrected chi connectivity index (χ2v) is 11.1. The zero-order chi connectivity index (χ0) is 27.6. The van der Waals surface area contributed by atoms with Crippen molar-refractivity contribution in [3.8, 4) is 11.5 Å². The molecular formula is C31H26ClNO6. The first-order valence-electron chi connectivity index (χ1n) is 13.0. The van der Waals surface area contributed by atoms with Gasteiger partial charge in [0.1, 0.15) is 11.5 Å². The molecule has 3 aliphatic carbocycles. The predicted octanol–water partition coefficient (Wildman–Crippen LogP) is 4.42. The fourth-order valence-corrected chi connectivity index (χ4v) is 6.94. The topological polar surface area (TPSA) is 112 Å². The van der Waals surface area contributed by atoms with Gasteiger partial charge in [0.25, 0.3) is 0 Å². The van der Waals surface area contributed by atoms with Crippen LogP contribution in [0.1, 0.15) is 36.8 Å². The average molecular weight is 544 g/mol. The molecule has 2 amide bonds. The fourth-order valence-electron chi connectivity index (χ4n) is 6.66. The van der Waals surface area contributed by atoms with Gasteiger partial charge in [0.15, 0.2) is 11.6 Å². The molecular weight excluding hydrogens is 518 g/mol. The van der Waals surface area contributed by atoms with Gasteiger partial charge in [-0.3, -0.25) is 24.1 Å². The quantitative estimate of drug-likeness (QED) is 0.335. The Hall–Kier alpha value is -3.97. The summed E-state index contributed by atoms with van der Waals surface area (Å²) in [6, 6.07) is 11.2. The summed E-state index contributed by atoms with van der Waals surface area (Å²) in [4.78, 5) is 55.2. The van der Waals surface area contributed by atoms with E-state index in [-0.39, 0.29) is 52.9 Å². The number of benzene rings is 2. The minimum absolute atomic E-state index is 0.0223. The Morgan fingerprint density at radius 2 is 1.67 bits per heavy atom. The molecule has 1 fully saturated rings. The molecule has 2 N–H and O–H groups in total. The number of fused-ring (bicyclic) bond motifs is 3. The molecule has 39 heavy (non-hydrogen) atoms. The van der Waals surface area contributed by atoms with E-state index in [4.69, 9.17) is 11.6 Å². The number of carbonyl (C=O) groups is 4. The van der Waals surface area contributed by atoms with Crippen LogP contribution in [-0.2, 0) is 25.6 Å². The van der Waals surface area contributed by atoms with E-state index in [1.54, 1.807) is 37.3 Å². The highest BCUT2D eigenvalue weighted by molar-refractivity contribution is 6.32. The van der Waals surface area contributed by atoms with Crippen molar-refractivity contribution in [2.75, 3.05) is 6.54 Å². The summed E-state index contributed by atoms with van der Waals surface area (Å²) in [5, 5.41) is 19.8. The lowest BCUT2D eigenvalue weighted by atomic mass is 9.59. The molecule has 1 aliphatic heterocycles. The summed E-state index contributed by atoms with van der Waals surface area (Å²) in [5.74, 6) is -3.11. The number of allylic oxidation sites excluding steroid dienone is 6. The van der Waals surface area contributed by atoms with E-state index in [1.165, 1.54) is 23.1 Å². The van der Waals surface area contributed by atoms with Crippen LogP contribution in [0.3, 0.4) is 0 Å². The molecule has 7 nitrogen and oxygen atoms in total. The summed E-state index contributed by atoms with van der Waals surface area (Å²) < 4.78 is 0. The zero-order valence-corrected chi connectivity index (χ0v) is 21.9. The number of aromatic hydroxyl groups is 2. The van der Waals surface area contributed by atoms with Gasteiger partial charge < -0.3 is 10.2 Å². The minimum atomic E-state index is -0.651. The number of phenolic OH excluding ortho intramolecular Hbond substituents is 2. The number of nitrogens with zero attached hydrogens (tertiary/aromatic N) is 1. The van der Waals surface area contributed by atoms with Crippen LogP contribution in [0, 0.1) is 17.8 Å². The number of rotatable bonds is 4. The molecule has 0 saturated carbocycles. The molecule has 6 rings (SSSR count). The lowest BCUT2D eigenvalue weighted by Crippen LogP contribution is -2.40. The van der Waals surface area contributed by atoms with Crippen molar-refractivity contribution in [2.45, 2.75) is 32.1 Å². The van der Waals surface area contributed by atoms with Gasteiger partial charge in [0.2, 0.25) is 11.8 Å². The van der Waals surface area contributed by atoms with Gasteiger partial charge >= 0.3 is 0 Å². The van der Waals surface area contributed by atoms with Crippen molar-refractivity contribution in [3.63, 3.8) is 0 Å². The number of phenols is 2. The Morgan fingerprint density at radius 1 is 0.949 bits per heavy atom. The van der Waals surface area contributed by atoms with Gasteiger partial charge in [-0.25, -0.2) is 0 Å². The second-order valence-electron chi connectivity index (χ2n) is 10.7. The molecule has 2 aromatic rings. The van der Waals surface area contributed by atoms with Crippen molar-refractivity contribution >= 4 is 35.0 Å². The molecule has 4 aliphatic rings. The maximum Gasteiger partial charge on any atom is 0.233 e. The Kier molecular flexibility index (Phi) is 6.07. The van der Waals surface area contributed by atoms with Crippen molar-refractivity contribution in [3.05, 3.63) is 93.1 Å². The number of hydrogen-bond acceptors (Lipinski definition) is 6.